The van der Waals surface area contributed by atoms with E-state index in [1.165, 1.54) is 10.4 Å². The van der Waals surface area contributed by atoms with Crippen LogP contribution in [0.5, 0.6) is 0 Å². The summed E-state index contributed by atoms with van der Waals surface area (Å²) in [6.45, 7) is 9.87. The number of carbonyl (C=O) groups excluding carboxylic acids is 1. The number of benzene rings is 2. The van der Waals surface area contributed by atoms with Crippen LogP contribution in [0, 0.1) is 5.41 Å². The molecule has 1 aliphatic carbocycles. The van der Waals surface area contributed by atoms with Gasteiger partial charge in [-0.1, -0.05) is 88.4 Å². The molecule has 2 aromatic carbocycles. The average Bonchev–Trinajstić information content (AvgIpc) is 3.56. The zero-order valence-electron chi connectivity index (χ0n) is 18.7. The van der Waals surface area contributed by atoms with Crippen LogP contribution < -0.4 is 10.4 Å². The molecule has 0 bridgehead atoms. The number of Topliss-reactive ketones (excluding diaryl/α,β-unsaturated/α-hetero) is 1. The van der Waals surface area contributed by atoms with Crippen LogP contribution in [0.25, 0.3) is 0 Å². The Balaban J connectivity index is 1.65. The molecule has 30 heavy (non-hydrogen) atoms. The summed E-state index contributed by atoms with van der Waals surface area (Å²) >= 11 is 0. The summed E-state index contributed by atoms with van der Waals surface area (Å²) in [5.74, 6) is 0.289. The van der Waals surface area contributed by atoms with Crippen molar-refractivity contribution in [1.29, 1.82) is 0 Å². The molecule has 1 saturated heterocycles. The first-order valence-electron chi connectivity index (χ1n) is 11.3. The summed E-state index contributed by atoms with van der Waals surface area (Å²) in [6, 6.07) is 21.6. The lowest BCUT2D eigenvalue weighted by atomic mass is 9.70. The minimum Gasteiger partial charge on any atom is -0.407 e. The van der Waals surface area contributed by atoms with Crippen molar-refractivity contribution >= 4 is 24.5 Å². The predicted octanol–water partition coefficient (Wildman–Crippen LogP) is 4.48. The number of epoxide rings is 1. The highest BCUT2D eigenvalue weighted by Crippen LogP contribution is 2.52. The van der Waals surface area contributed by atoms with E-state index in [4.69, 9.17) is 9.16 Å². The van der Waals surface area contributed by atoms with Gasteiger partial charge in [-0.15, -0.1) is 0 Å². The van der Waals surface area contributed by atoms with Crippen LogP contribution in [0.1, 0.15) is 53.4 Å². The van der Waals surface area contributed by atoms with Crippen LogP contribution in [-0.4, -0.2) is 32.9 Å². The molecule has 4 heteroatoms. The number of ketones is 1. The van der Waals surface area contributed by atoms with E-state index < -0.39 is 8.32 Å². The van der Waals surface area contributed by atoms with Gasteiger partial charge in [0.15, 0.2) is 5.78 Å². The van der Waals surface area contributed by atoms with Crippen molar-refractivity contribution in [1.82, 2.24) is 0 Å². The van der Waals surface area contributed by atoms with Gasteiger partial charge in [0.1, 0.15) is 6.10 Å². The van der Waals surface area contributed by atoms with Crippen molar-refractivity contribution in [2.45, 2.75) is 70.6 Å². The molecule has 3 nitrogen and oxygen atoms in total. The van der Waals surface area contributed by atoms with Crippen LogP contribution in [0.4, 0.5) is 0 Å². The van der Waals surface area contributed by atoms with Crippen molar-refractivity contribution in [2.75, 3.05) is 6.61 Å². The standard InChI is InChI=1S/C26H34O3Si/c1-5-26(17-16-22(27)23-24(26)29-23)18-19-28-30(25(2,3)4,20-12-8-6-9-13-20)21-14-10-7-11-15-21/h6-15,23-24H,5,16-19H2,1-4H3/t23?,24?,26-/m0/s1. The lowest BCUT2D eigenvalue weighted by molar-refractivity contribution is -0.121. The molecular weight excluding hydrogens is 388 g/mol. The number of rotatable bonds is 7. The molecule has 0 amide bonds. The van der Waals surface area contributed by atoms with E-state index in [0.717, 1.165) is 19.3 Å². The van der Waals surface area contributed by atoms with E-state index in [1.54, 1.807) is 0 Å². The SMILES string of the molecule is CC[C@@]1(CCO[Si](c2ccccc2)(c2ccccc2)C(C)(C)C)CCC(=O)C2OC21. The molecule has 160 valence electrons. The van der Waals surface area contributed by atoms with Gasteiger partial charge in [-0.2, -0.15) is 0 Å². The second-order valence-electron chi connectivity index (χ2n) is 9.92. The largest absolute Gasteiger partial charge is 0.407 e. The van der Waals surface area contributed by atoms with E-state index in [9.17, 15) is 4.79 Å². The maximum absolute atomic E-state index is 12.0. The number of hydrogen-bond acceptors (Lipinski definition) is 3. The Hall–Kier alpha value is -1.75. The third kappa shape index (κ3) is 3.59. The Morgan fingerprint density at radius 3 is 2.10 bits per heavy atom. The Morgan fingerprint density at radius 2 is 1.60 bits per heavy atom. The van der Waals surface area contributed by atoms with Crippen LogP contribution in [0.2, 0.25) is 5.04 Å². The molecule has 2 aromatic rings. The van der Waals surface area contributed by atoms with Gasteiger partial charge in [-0.05, 0) is 34.7 Å². The van der Waals surface area contributed by atoms with Gasteiger partial charge in [0.2, 0.25) is 0 Å². The molecule has 1 heterocycles. The normalized spacial score (nSPS) is 26.3. The van der Waals surface area contributed by atoms with Gasteiger partial charge < -0.3 is 9.16 Å². The van der Waals surface area contributed by atoms with Gasteiger partial charge in [-0.3, -0.25) is 4.79 Å². The fraction of sp³-hybridized carbons (Fsp3) is 0.500. The first kappa shape index (κ1) is 21.5. The number of carbonyl (C=O) groups is 1. The van der Waals surface area contributed by atoms with E-state index in [-0.39, 0.29) is 28.4 Å². The highest BCUT2D eigenvalue weighted by atomic mass is 28.4. The minimum absolute atomic E-state index is 0.0176. The second-order valence-corrected chi connectivity index (χ2v) is 14.2. The zero-order chi connectivity index (χ0) is 21.4. The fourth-order valence-electron chi connectivity index (χ4n) is 5.47. The summed E-state index contributed by atoms with van der Waals surface area (Å²) in [7, 11) is -2.51. The molecule has 4 rings (SSSR count). The molecule has 0 aromatic heterocycles. The Labute approximate surface area is 181 Å². The third-order valence-corrected chi connectivity index (χ3v) is 12.4. The molecule has 2 fully saturated rings. The lowest BCUT2D eigenvalue weighted by Gasteiger charge is -2.44. The number of fused-ring (bicyclic) bond motifs is 1. The molecule has 1 saturated carbocycles. The van der Waals surface area contributed by atoms with Gasteiger partial charge in [-0.25, -0.2) is 0 Å². The summed E-state index contributed by atoms with van der Waals surface area (Å²) in [5, 5.41) is 2.61. The van der Waals surface area contributed by atoms with E-state index >= 15 is 0 Å². The third-order valence-electron chi connectivity index (χ3n) is 7.32. The summed E-state index contributed by atoms with van der Waals surface area (Å²) in [6.07, 6.45) is 3.51. The monoisotopic (exact) mass is 422 g/mol. The zero-order valence-corrected chi connectivity index (χ0v) is 19.7. The summed E-state index contributed by atoms with van der Waals surface area (Å²) in [4.78, 5) is 12.0. The maximum Gasteiger partial charge on any atom is 0.261 e. The van der Waals surface area contributed by atoms with Crippen molar-refractivity contribution in [3.63, 3.8) is 0 Å². The van der Waals surface area contributed by atoms with E-state index in [2.05, 4.69) is 88.4 Å². The smallest absolute Gasteiger partial charge is 0.261 e. The maximum atomic E-state index is 12.0. The highest BCUT2D eigenvalue weighted by molar-refractivity contribution is 6.99. The number of ether oxygens (including phenoxy) is 1. The topological polar surface area (TPSA) is 38.8 Å². The quantitative estimate of drug-likeness (QED) is 0.488. The van der Waals surface area contributed by atoms with E-state index in [0.29, 0.717) is 13.0 Å². The van der Waals surface area contributed by atoms with Gasteiger partial charge in [0.25, 0.3) is 8.32 Å². The van der Waals surface area contributed by atoms with Gasteiger partial charge >= 0.3 is 0 Å². The minimum atomic E-state index is -2.51. The van der Waals surface area contributed by atoms with Crippen LogP contribution in [-0.2, 0) is 14.0 Å². The van der Waals surface area contributed by atoms with E-state index in [1.807, 2.05) is 0 Å². The van der Waals surface area contributed by atoms with Crippen molar-refractivity contribution in [2.24, 2.45) is 5.41 Å². The first-order valence-corrected chi connectivity index (χ1v) is 13.2. The highest BCUT2D eigenvalue weighted by Gasteiger charge is 2.60. The average molecular weight is 423 g/mol. The first-order chi connectivity index (χ1) is 14.3. The fourth-order valence-corrected chi connectivity index (χ4v) is 10.0. The van der Waals surface area contributed by atoms with Crippen LogP contribution in [0.15, 0.2) is 60.7 Å². The molecular formula is C26H34O3Si. The van der Waals surface area contributed by atoms with Crippen molar-refractivity contribution < 1.29 is 14.0 Å². The Kier molecular flexibility index (Phi) is 5.77. The predicted molar refractivity (Wildman–Crippen MR) is 124 cm³/mol. The summed E-state index contributed by atoms with van der Waals surface area (Å²) in [5.41, 5.74) is 0.0734. The lowest BCUT2D eigenvalue weighted by Crippen LogP contribution is -2.66. The van der Waals surface area contributed by atoms with Crippen LogP contribution >= 0.6 is 0 Å². The molecule has 0 spiro atoms. The molecule has 0 N–H and O–H groups in total. The molecule has 2 aliphatic rings. The molecule has 1 aliphatic heterocycles. The molecule has 2 unspecified atom stereocenters. The van der Waals surface area contributed by atoms with Crippen molar-refractivity contribution in [3.05, 3.63) is 60.7 Å². The Bertz CT molecular complexity index is 835. The van der Waals surface area contributed by atoms with Crippen LogP contribution in [0.3, 0.4) is 0 Å². The Morgan fingerprint density at radius 1 is 1.03 bits per heavy atom. The number of hydrogen-bond donors (Lipinski definition) is 0. The second kappa shape index (κ2) is 8.06. The van der Waals surface area contributed by atoms with Crippen molar-refractivity contribution in [3.8, 4) is 0 Å². The van der Waals surface area contributed by atoms with Gasteiger partial charge in [0, 0.05) is 18.4 Å². The molecule has 3 atom stereocenters. The van der Waals surface area contributed by atoms with Gasteiger partial charge in [0.05, 0.1) is 6.10 Å². The summed E-state index contributed by atoms with van der Waals surface area (Å²) < 4.78 is 12.9. The molecule has 0 radical (unpaired) electrons.